The van der Waals surface area contributed by atoms with Gasteiger partial charge in [0.15, 0.2) is 0 Å². The number of ketones is 1. The fraction of sp³-hybridized carbons (Fsp3) is 0.875. The monoisotopic (exact) mass is 360 g/mol. The number of halogens is 12. The quantitative estimate of drug-likeness (QED) is 0.671. The van der Waals surface area contributed by atoms with E-state index < -0.39 is 42.2 Å². The van der Waals surface area contributed by atoms with Gasteiger partial charge in [-0.05, 0) is 0 Å². The molecule has 0 saturated carbocycles. The summed E-state index contributed by atoms with van der Waals surface area (Å²) in [5.41, 5.74) is 0. The molecule has 0 amide bonds. The van der Waals surface area contributed by atoms with Crippen LogP contribution in [0, 0.1) is 0 Å². The van der Waals surface area contributed by atoms with E-state index in [1.807, 2.05) is 4.74 Å². The van der Waals surface area contributed by atoms with E-state index in [1.165, 1.54) is 0 Å². The van der Waals surface area contributed by atoms with Gasteiger partial charge in [0.2, 0.25) is 5.78 Å². The molecule has 0 aromatic rings. The molecule has 0 aromatic heterocycles. The van der Waals surface area contributed by atoms with Crippen LogP contribution in [-0.4, -0.2) is 42.2 Å². The van der Waals surface area contributed by atoms with Gasteiger partial charge in [0.05, 0.1) is 0 Å². The van der Waals surface area contributed by atoms with Crippen LogP contribution in [0.15, 0.2) is 0 Å². The van der Waals surface area contributed by atoms with Gasteiger partial charge in [-0.3, -0.25) is 9.53 Å². The Morgan fingerprint density at radius 2 is 1.18 bits per heavy atom. The van der Waals surface area contributed by atoms with Crippen LogP contribution in [0.3, 0.4) is 0 Å². The topological polar surface area (TPSA) is 26.3 Å². The number of hydrogen-bond donors (Lipinski definition) is 0. The van der Waals surface area contributed by atoms with Crippen LogP contribution < -0.4 is 0 Å². The minimum Gasteiger partial charge on any atom is -0.293 e. The number of carbonyl (C=O) groups excluding carboxylic acids is 1. The molecular weight excluding hydrogens is 356 g/mol. The molecule has 0 aromatic carbocycles. The lowest BCUT2D eigenvalue weighted by Crippen LogP contribution is -2.63. The van der Waals surface area contributed by atoms with Crippen molar-refractivity contribution in [1.82, 2.24) is 0 Å². The lowest BCUT2D eigenvalue weighted by molar-refractivity contribution is -0.462. The Kier molecular flexibility index (Phi) is 5.15. The second-order valence-electron chi connectivity index (χ2n) is 3.78. The highest BCUT2D eigenvalue weighted by molar-refractivity contribution is 5.83. The number of alkyl halides is 12. The highest BCUT2D eigenvalue weighted by Gasteiger charge is 2.83. The summed E-state index contributed by atoms with van der Waals surface area (Å²) in [5, 5.41) is 0. The fourth-order valence-electron chi connectivity index (χ4n) is 0.799. The lowest BCUT2D eigenvalue weighted by Gasteiger charge is -2.34. The van der Waals surface area contributed by atoms with Gasteiger partial charge in [0.1, 0.15) is 0 Å². The molecule has 0 N–H and O–H groups in total. The zero-order chi connectivity index (χ0) is 18.4. The van der Waals surface area contributed by atoms with Gasteiger partial charge in [-0.1, -0.05) is 0 Å². The van der Waals surface area contributed by atoms with Crippen LogP contribution in [0.5, 0.6) is 0 Å². The lowest BCUT2D eigenvalue weighted by atomic mass is 10.1. The third-order valence-corrected chi connectivity index (χ3v) is 2.12. The van der Waals surface area contributed by atoms with Crippen LogP contribution in [0.1, 0.15) is 6.92 Å². The van der Waals surface area contributed by atoms with Crippen molar-refractivity contribution in [3.63, 3.8) is 0 Å². The van der Waals surface area contributed by atoms with Crippen LogP contribution in [-0.2, 0) is 9.53 Å². The van der Waals surface area contributed by atoms with Crippen molar-refractivity contribution in [2.75, 3.05) is 0 Å². The Balaban J connectivity index is 5.61. The summed E-state index contributed by atoms with van der Waals surface area (Å²) in [4.78, 5) is 10.2. The van der Waals surface area contributed by atoms with Crippen molar-refractivity contribution >= 4 is 5.78 Å². The molecule has 0 bridgehead atoms. The molecule has 14 heteroatoms. The minimum atomic E-state index is -7.44. The summed E-state index contributed by atoms with van der Waals surface area (Å²) in [6.07, 6.45) is -19.1. The molecule has 22 heavy (non-hydrogen) atoms. The molecule has 0 aliphatic rings. The molecule has 0 radical (unpaired) electrons. The Morgan fingerprint density at radius 3 is 1.45 bits per heavy atom. The Labute approximate surface area is 113 Å². The van der Waals surface area contributed by atoms with Gasteiger partial charge in [-0.25, -0.2) is 4.39 Å². The highest BCUT2D eigenvalue weighted by Crippen LogP contribution is 2.54. The van der Waals surface area contributed by atoms with Crippen molar-refractivity contribution in [3.8, 4) is 0 Å². The third-order valence-electron chi connectivity index (χ3n) is 2.12. The van der Waals surface area contributed by atoms with Crippen molar-refractivity contribution in [1.29, 1.82) is 0 Å². The van der Waals surface area contributed by atoms with E-state index >= 15 is 0 Å². The molecule has 0 fully saturated rings. The molecule has 0 spiro atoms. The molecule has 0 aliphatic heterocycles. The van der Waals surface area contributed by atoms with Crippen molar-refractivity contribution in [3.05, 3.63) is 0 Å². The van der Waals surface area contributed by atoms with Gasteiger partial charge >= 0.3 is 30.1 Å². The first kappa shape index (κ1) is 20.8. The van der Waals surface area contributed by atoms with Crippen LogP contribution in [0.2, 0.25) is 0 Å². The van der Waals surface area contributed by atoms with E-state index in [9.17, 15) is 57.5 Å². The summed E-state index contributed by atoms with van der Waals surface area (Å²) < 4.78 is 150. The SMILES string of the molecule is CC(=O)C(F)(F)C(F)OC(F)(F)C(F)(F)C(F)(F)C(F)(F)F. The van der Waals surface area contributed by atoms with Crippen molar-refractivity contribution in [2.45, 2.75) is 43.3 Å². The average Bonchev–Trinajstić information content (AvgIpc) is 2.25. The normalized spacial score (nSPS) is 16.6. The summed E-state index contributed by atoms with van der Waals surface area (Å²) in [6, 6.07) is 0. The smallest absolute Gasteiger partial charge is 0.293 e. The molecule has 2 nitrogen and oxygen atoms in total. The van der Waals surface area contributed by atoms with Crippen molar-refractivity contribution < 1.29 is 62.2 Å². The number of Topliss-reactive ketones (excluding diaryl/α,β-unsaturated/α-hetero) is 1. The van der Waals surface area contributed by atoms with E-state index in [2.05, 4.69) is 0 Å². The third kappa shape index (κ3) is 3.25. The van der Waals surface area contributed by atoms with E-state index in [-0.39, 0.29) is 6.92 Å². The Hall–Kier alpha value is -1.21. The standard InChI is InChI=1S/C8H4F12O2/c1-2(21)4(10,11)3(9)22-8(19,20)6(14,15)5(12,13)7(16,17)18/h3H,1H3. The number of hydrogen-bond acceptors (Lipinski definition) is 2. The summed E-state index contributed by atoms with van der Waals surface area (Å²) in [6.45, 7) is -0.101. The molecule has 1 unspecified atom stereocenters. The second kappa shape index (κ2) is 5.45. The summed E-state index contributed by atoms with van der Waals surface area (Å²) in [5.74, 6) is -22.9. The first-order valence-electron chi connectivity index (χ1n) is 4.73. The number of ether oxygens (including phenoxy) is 1. The van der Waals surface area contributed by atoms with Gasteiger partial charge in [-0.2, -0.15) is 48.3 Å². The van der Waals surface area contributed by atoms with Gasteiger partial charge in [-0.15, -0.1) is 0 Å². The van der Waals surface area contributed by atoms with Crippen molar-refractivity contribution in [2.24, 2.45) is 0 Å². The minimum absolute atomic E-state index is 0.101. The molecule has 0 heterocycles. The molecule has 0 rings (SSSR count). The maximum absolute atomic E-state index is 12.6. The fourth-order valence-corrected chi connectivity index (χ4v) is 0.799. The van der Waals surface area contributed by atoms with E-state index in [1.54, 1.807) is 0 Å². The maximum Gasteiger partial charge on any atom is 0.460 e. The van der Waals surface area contributed by atoms with E-state index in [0.29, 0.717) is 0 Å². The van der Waals surface area contributed by atoms with Gasteiger partial charge in [0, 0.05) is 6.92 Å². The van der Waals surface area contributed by atoms with Crippen LogP contribution >= 0.6 is 0 Å². The zero-order valence-corrected chi connectivity index (χ0v) is 9.93. The maximum atomic E-state index is 12.6. The molecular formula is C8H4F12O2. The van der Waals surface area contributed by atoms with Crippen LogP contribution in [0.25, 0.3) is 0 Å². The highest BCUT2D eigenvalue weighted by atomic mass is 19.4. The number of rotatable bonds is 6. The summed E-state index contributed by atoms with van der Waals surface area (Å²) >= 11 is 0. The molecule has 1 atom stereocenters. The first-order chi connectivity index (χ1) is 9.32. The molecule has 0 saturated heterocycles. The van der Waals surface area contributed by atoms with Gasteiger partial charge < -0.3 is 0 Å². The second-order valence-corrected chi connectivity index (χ2v) is 3.78. The van der Waals surface area contributed by atoms with E-state index in [4.69, 9.17) is 0 Å². The number of carbonyl (C=O) groups is 1. The predicted molar refractivity (Wildman–Crippen MR) is 42.5 cm³/mol. The van der Waals surface area contributed by atoms with E-state index in [0.717, 1.165) is 0 Å². The summed E-state index contributed by atoms with van der Waals surface area (Å²) in [7, 11) is 0. The zero-order valence-electron chi connectivity index (χ0n) is 9.93. The predicted octanol–water partition coefficient (Wildman–Crippen LogP) is 3.95. The Bertz CT molecular complexity index is 425. The van der Waals surface area contributed by atoms with Gasteiger partial charge in [0.25, 0.3) is 6.36 Å². The Morgan fingerprint density at radius 1 is 0.818 bits per heavy atom. The average molecular weight is 360 g/mol. The van der Waals surface area contributed by atoms with Crippen LogP contribution in [0.4, 0.5) is 52.7 Å². The molecule has 0 aliphatic carbocycles. The first-order valence-corrected chi connectivity index (χ1v) is 4.73. The largest absolute Gasteiger partial charge is 0.460 e. The molecule has 132 valence electrons.